The van der Waals surface area contributed by atoms with Crippen LogP contribution in [0.3, 0.4) is 0 Å². The van der Waals surface area contributed by atoms with Crippen LogP contribution in [-0.2, 0) is 55.1 Å². The molecule has 0 unspecified atom stereocenters. The van der Waals surface area contributed by atoms with Crippen molar-refractivity contribution >= 4 is 68.9 Å². The van der Waals surface area contributed by atoms with Gasteiger partial charge < -0.3 is 59.7 Å². The van der Waals surface area contributed by atoms with Crippen molar-refractivity contribution in [3.63, 3.8) is 0 Å². The molecule has 0 bridgehead atoms. The zero-order valence-corrected chi connectivity index (χ0v) is 45.7. The van der Waals surface area contributed by atoms with Gasteiger partial charge >= 0.3 is 11.9 Å². The number of carbonyl (C=O) groups is 4. The summed E-state index contributed by atoms with van der Waals surface area (Å²) < 4.78 is 35.8. The number of rotatable bonds is 22. The van der Waals surface area contributed by atoms with Crippen LogP contribution in [0.2, 0.25) is 0 Å². The van der Waals surface area contributed by atoms with E-state index < -0.39 is 23.8 Å². The van der Waals surface area contributed by atoms with E-state index in [4.69, 9.17) is 50.7 Å². The molecule has 20 heteroatoms. The van der Waals surface area contributed by atoms with Crippen LogP contribution in [-0.4, -0.2) is 82.3 Å². The van der Waals surface area contributed by atoms with E-state index in [9.17, 15) is 19.2 Å². The molecule has 2 amide bonds. The first kappa shape index (κ1) is 58.0. The lowest BCUT2D eigenvalue weighted by Gasteiger charge is -2.15. The number of esters is 2. The van der Waals surface area contributed by atoms with E-state index in [1.807, 2.05) is 75.9 Å². The highest BCUT2D eigenvalue weighted by molar-refractivity contribution is 6.14. The third kappa shape index (κ3) is 14.3. The van der Waals surface area contributed by atoms with Gasteiger partial charge in [-0.15, -0.1) is 0 Å². The molecule has 0 fully saturated rings. The Bertz CT molecular complexity index is 3980. The van der Waals surface area contributed by atoms with Crippen LogP contribution in [0.25, 0.3) is 44.3 Å². The summed E-state index contributed by atoms with van der Waals surface area (Å²) in [5.74, 6) is -2.11. The second-order valence-corrected chi connectivity index (χ2v) is 18.8. The third-order valence-electron chi connectivity index (χ3n) is 13.1. The molecular formula is C64H58N10O10. The number of benzene rings is 8. The van der Waals surface area contributed by atoms with Gasteiger partial charge in [0.2, 0.25) is 0 Å². The molecule has 0 atom stereocenters. The van der Waals surface area contributed by atoms with Crippen molar-refractivity contribution in [2.24, 2.45) is 11.5 Å². The monoisotopic (exact) mass is 1130 g/mol. The second kappa shape index (κ2) is 27.7. The topological polar surface area (TPSA) is 283 Å². The van der Waals surface area contributed by atoms with Gasteiger partial charge in [-0.25, -0.2) is 19.6 Å². The van der Waals surface area contributed by atoms with E-state index in [1.165, 1.54) is 14.2 Å². The molecule has 0 spiro atoms. The molecule has 84 heavy (non-hydrogen) atoms. The summed E-state index contributed by atoms with van der Waals surface area (Å²) in [4.78, 5) is 62.4. The maximum Gasteiger partial charge on any atom is 0.340 e. The van der Waals surface area contributed by atoms with Gasteiger partial charge in [-0.1, -0.05) is 97.1 Å². The molecule has 0 aliphatic carbocycles. The first-order valence-electron chi connectivity index (χ1n) is 26.1. The summed E-state index contributed by atoms with van der Waals surface area (Å²) in [6, 6.07) is 53.8. The van der Waals surface area contributed by atoms with Crippen LogP contribution in [0.4, 0.5) is 11.4 Å². The molecule has 10 aromatic rings. The Morgan fingerprint density at radius 2 is 0.857 bits per heavy atom. The molecular weight excluding hydrogens is 1070 g/mol. The summed E-state index contributed by atoms with van der Waals surface area (Å²) in [6.07, 6.45) is 3.31. The van der Waals surface area contributed by atoms with Gasteiger partial charge in [0.15, 0.2) is 13.6 Å². The number of carbonyl (C=O) groups excluding carboxylic acids is 4. The van der Waals surface area contributed by atoms with Gasteiger partial charge in [0.05, 0.1) is 59.1 Å². The minimum Gasteiger partial charge on any atom is -0.435 e. The Hall–Kier alpha value is -10.6. The number of nitrogens with two attached hydrogens (primary N) is 2. The molecule has 0 saturated carbocycles. The van der Waals surface area contributed by atoms with Crippen molar-refractivity contribution in [3.05, 3.63) is 239 Å². The van der Waals surface area contributed by atoms with Crippen molar-refractivity contribution in [2.75, 3.05) is 38.4 Å². The number of anilines is 2. The van der Waals surface area contributed by atoms with Gasteiger partial charge in [-0.2, -0.15) is 0 Å². The van der Waals surface area contributed by atoms with Crippen molar-refractivity contribution in [3.8, 4) is 22.3 Å². The highest BCUT2D eigenvalue weighted by Crippen LogP contribution is 2.34. The van der Waals surface area contributed by atoms with Crippen LogP contribution < -0.4 is 22.1 Å². The smallest absolute Gasteiger partial charge is 0.340 e. The van der Waals surface area contributed by atoms with Crippen molar-refractivity contribution in [1.82, 2.24) is 19.1 Å². The zero-order chi connectivity index (χ0) is 59.0. The molecule has 8 N–H and O–H groups in total. The highest BCUT2D eigenvalue weighted by Gasteiger charge is 2.24. The number of nitrogens with zero attached hydrogens (tertiary/aromatic N) is 4. The lowest BCUT2D eigenvalue weighted by atomic mass is 9.94. The van der Waals surface area contributed by atoms with Gasteiger partial charge in [0.25, 0.3) is 11.8 Å². The molecule has 20 nitrogen and oxygen atoms in total. The van der Waals surface area contributed by atoms with Crippen molar-refractivity contribution in [1.29, 1.82) is 10.8 Å². The Morgan fingerprint density at radius 3 is 1.30 bits per heavy atom. The summed E-state index contributed by atoms with van der Waals surface area (Å²) in [7, 11) is 2.86. The number of nitrogen functional groups attached to an aromatic ring is 2. The molecule has 0 aliphatic heterocycles. The molecule has 0 radical (unpaired) electrons. The number of imidazole rings is 2. The number of fused-ring (bicyclic) bond motifs is 2. The second-order valence-electron chi connectivity index (χ2n) is 18.8. The van der Waals surface area contributed by atoms with E-state index in [2.05, 4.69) is 20.6 Å². The van der Waals surface area contributed by atoms with Crippen LogP contribution in [0.1, 0.15) is 63.7 Å². The van der Waals surface area contributed by atoms with E-state index in [-0.39, 0.29) is 49.8 Å². The van der Waals surface area contributed by atoms with Crippen LogP contribution >= 0.6 is 0 Å². The Labute approximate surface area is 482 Å². The predicted octanol–water partition coefficient (Wildman–Crippen LogP) is 10.3. The number of hydrogen-bond donors (Lipinski definition) is 6. The third-order valence-corrected chi connectivity index (χ3v) is 13.1. The largest absolute Gasteiger partial charge is 0.435 e. The van der Waals surface area contributed by atoms with Crippen molar-refractivity contribution < 1.29 is 47.6 Å². The number of amides is 2. The number of ether oxygens (including phenoxy) is 6. The number of methoxy groups -OCH3 is 2. The Morgan fingerprint density at radius 1 is 0.464 bits per heavy atom. The van der Waals surface area contributed by atoms with Crippen molar-refractivity contribution in [2.45, 2.75) is 26.7 Å². The fourth-order valence-electron chi connectivity index (χ4n) is 8.94. The molecule has 0 aliphatic rings. The quantitative estimate of drug-likeness (QED) is 0.0159. The lowest BCUT2D eigenvalue weighted by molar-refractivity contribution is -0.0131. The van der Waals surface area contributed by atoms with Crippen LogP contribution in [0, 0.1) is 10.8 Å². The standard InChI is InChI=1S/2C32H29N5O5/c1-40-20-42-32(39)25-10-6-5-9-24(25)26-16-29-28(35-18-37(29)19-41-17-21-7-3-2-4-8-21)15-27(26)31(38)36-23-13-11-22(12-14-23)30(33)34;1-40-20-42-32(39)25-10-6-5-9-24(25)26-15-28-29(37(18-35-28)19-41-17-21-7-3-2-4-8-21)16-27(26)31(38)36-23-13-11-22(12-14-23)30(33)34/h2*2-16,18H,17,19-20H2,1H3,(H3,33,34)(H,36,38). The fraction of sp³-hybridized carbons (Fsp3) is 0.125. The summed E-state index contributed by atoms with van der Waals surface area (Å²) >= 11 is 0. The molecule has 8 aromatic carbocycles. The molecule has 2 heterocycles. The predicted molar refractivity (Wildman–Crippen MR) is 318 cm³/mol. The molecule has 424 valence electrons. The summed E-state index contributed by atoms with van der Waals surface area (Å²) in [5.41, 5.74) is 21.1. The average molecular weight is 1130 g/mol. The number of amidine groups is 2. The molecule has 10 rings (SSSR count). The van der Waals surface area contributed by atoms with Crippen LogP contribution in [0.5, 0.6) is 0 Å². The normalized spacial score (nSPS) is 10.9. The average Bonchev–Trinajstić information content (AvgIpc) is 2.73. The van der Waals surface area contributed by atoms with Crippen LogP contribution in [0.15, 0.2) is 195 Å². The lowest BCUT2D eigenvalue weighted by Crippen LogP contribution is -2.15. The van der Waals surface area contributed by atoms with Gasteiger partial charge in [-0.05, 0) is 118 Å². The number of aromatic nitrogens is 4. The number of nitrogens with one attached hydrogen (secondary N) is 4. The summed E-state index contributed by atoms with van der Waals surface area (Å²) in [6.45, 7) is 0.878. The highest BCUT2D eigenvalue weighted by atomic mass is 16.7. The van der Waals surface area contributed by atoms with Gasteiger partial charge in [0, 0.05) is 47.8 Å². The van der Waals surface area contributed by atoms with Gasteiger partial charge in [0.1, 0.15) is 25.1 Å². The minimum absolute atomic E-state index is 0.0686. The van der Waals surface area contributed by atoms with Gasteiger partial charge in [-0.3, -0.25) is 20.4 Å². The maximum absolute atomic E-state index is 13.8. The maximum atomic E-state index is 13.8. The first-order chi connectivity index (χ1) is 40.9. The Kier molecular flexibility index (Phi) is 19.1. The first-order valence-corrected chi connectivity index (χ1v) is 26.1. The molecule has 2 aromatic heterocycles. The fourth-order valence-corrected chi connectivity index (χ4v) is 8.94. The van der Waals surface area contributed by atoms with E-state index in [0.717, 1.165) is 16.6 Å². The molecule has 0 saturated heterocycles. The Balaban J connectivity index is 0.000000202. The van der Waals surface area contributed by atoms with E-state index in [0.29, 0.717) is 85.6 Å². The minimum atomic E-state index is -0.585. The summed E-state index contributed by atoms with van der Waals surface area (Å²) in [5, 5.41) is 21.0. The number of hydrogen-bond acceptors (Lipinski definition) is 14. The van der Waals surface area contributed by atoms with E-state index >= 15 is 0 Å². The zero-order valence-electron chi connectivity index (χ0n) is 45.7. The van der Waals surface area contributed by atoms with E-state index in [1.54, 1.807) is 128 Å². The SMILES string of the molecule is COCOC(=O)c1ccccc1-c1cc2c(cc1C(=O)Nc1ccc(C(=N)N)cc1)ncn2COCc1ccccc1.COCOC(=O)c1ccccc1-c1cc2ncn(COCc3ccccc3)c2cc1C(=O)Nc1ccc(C(=N)N)cc1.